The molecule has 2 atom stereocenters. The summed E-state index contributed by atoms with van der Waals surface area (Å²) in [7, 11) is 0. The van der Waals surface area contributed by atoms with Crippen LogP contribution in [-0.2, 0) is 11.0 Å². The maximum atomic E-state index is 12.6. The van der Waals surface area contributed by atoms with Gasteiger partial charge in [-0.3, -0.25) is 9.59 Å². The van der Waals surface area contributed by atoms with Gasteiger partial charge in [0.2, 0.25) is 5.91 Å². The number of rotatable bonds is 7. The van der Waals surface area contributed by atoms with Gasteiger partial charge in [-0.05, 0) is 30.5 Å². The van der Waals surface area contributed by atoms with Gasteiger partial charge in [-0.1, -0.05) is 49.4 Å². The third-order valence-electron chi connectivity index (χ3n) is 4.29. The summed E-state index contributed by atoms with van der Waals surface area (Å²) in [5, 5.41) is 2.78. The van der Waals surface area contributed by atoms with Gasteiger partial charge in [-0.25, -0.2) is 0 Å². The molecule has 0 heterocycles. The number of nitrogens with one attached hydrogen (secondary N) is 1. The first-order valence-corrected chi connectivity index (χ1v) is 8.71. The van der Waals surface area contributed by atoms with Crippen molar-refractivity contribution in [2.75, 3.05) is 0 Å². The van der Waals surface area contributed by atoms with E-state index >= 15 is 0 Å². The molecule has 0 aliphatic carbocycles. The number of alkyl halides is 3. The molecule has 27 heavy (non-hydrogen) atoms. The molecular weight excluding hydrogens is 355 g/mol. The first-order chi connectivity index (χ1) is 12.7. The summed E-state index contributed by atoms with van der Waals surface area (Å²) in [6.45, 7) is 3.53. The summed E-state index contributed by atoms with van der Waals surface area (Å²) >= 11 is 0. The third-order valence-corrected chi connectivity index (χ3v) is 4.29. The summed E-state index contributed by atoms with van der Waals surface area (Å²) in [5.41, 5.74) is 0.541. The molecule has 0 saturated carbocycles. The molecular formula is C21H22F3NO2. The lowest BCUT2D eigenvalue weighted by Gasteiger charge is -2.17. The van der Waals surface area contributed by atoms with Crippen molar-refractivity contribution in [1.82, 2.24) is 5.32 Å². The summed E-state index contributed by atoms with van der Waals surface area (Å²) in [6.07, 6.45) is -4.06. The first kappa shape index (κ1) is 20.7. The van der Waals surface area contributed by atoms with Gasteiger partial charge >= 0.3 is 6.18 Å². The average molecular weight is 377 g/mol. The predicted molar refractivity (Wildman–Crippen MR) is 97.5 cm³/mol. The van der Waals surface area contributed by atoms with E-state index < -0.39 is 11.7 Å². The Bertz CT molecular complexity index is 770. The molecule has 0 spiro atoms. The number of Topliss-reactive ketones (excluding diaryl/α,β-unsaturated/α-hetero) is 1. The lowest BCUT2D eigenvalue weighted by atomic mass is 9.96. The van der Waals surface area contributed by atoms with Gasteiger partial charge in [0.25, 0.3) is 0 Å². The van der Waals surface area contributed by atoms with Crippen molar-refractivity contribution in [2.24, 2.45) is 0 Å². The van der Waals surface area contributed by atoms with Crippen molar-refractivity contribution < 1.29 is 22.8 Å². The van der Waals surface area contributed by atoms with E-state index in [1.165, 1.54) is 12.1 Å². The monoisotopic (exact) mass is 377 g/mol. The molecule has 1 amide bonds. The smallest absolute Gasteiger partial charge is 0.353 e. The van der Waals surface area contributed by atoms with Gasteiger partial charge in [0.1, 0.15) is 0 Å². The Morgan fingerprint density at radius 2 is 1.52 bits per heavy atom. The third kappa shape index (κ3) is 6.24. The largest absolute Gasteiger partial charge is 0.416 e. The minimum absolute atomic E-state index is 0.0563. The highest BCUT2D eigenvalue weighted by atomic mass is 19.4. The molecule has 1 N–H and O–H groups in total. The standard InChI is InChI=1S/C21H22F3NO2/c1-14(16-8-10-18(11-9-16)21(22,23)24)12-20(27)25-15(2)13-19(26)17-6-4-3-5-7-17/h3-11,14-15H,12-13H2,1-2H3,(H,25,27)/t14-,15+/m1/s1. The molecule has 2 aromatic rings. The number of ketones is 1. The summed E-state index contributed by atoms with van der Waals surface area (Å²) in [5.74, 6) is -0.528. The zero-order valence-electron chi connectivity index (χ0n) is 15.2. The van der Waals surface area contributed by atoms with Crippen molar-refractivity contribution in [1.29, 1.82) is 0 Å². The molecule has 0 bridgehead atoms. The number of carbonyl (C=O) groups excluding carboxylic acids is 2. The van der Waals surface area contributed by atoms with Crippen LogP contribution in [0, 0.1) is 0 Å². The Kier molecular flexibility index (Phi) is 6.77. The topological polar surface area (TPSA) is 46.2 Å². The van der Waals surface area contributed by atoms with E-state index in [-0.39, 0.29) is 36.5 Å². The van der Waals surface area contributed by atoms with E-state index in [2.05, 4.69) is 5.32 Å². The van der Waals surface area contributed by atoms with Gasteiger partial charge in [0.15, 0.2) is 5.78 Å². The van der Waals surface area contributed by atoms with Crippen molar-refractivity contribution in [3.05, 3.63) is 71.3 Å². The van der Waals surface area contributed by atoms with Gasteiger partial charge < -0.3 is 5.32 Å². The Morgan fingerprint density at radius 3 is 2.07 bits per heavy atom. The van der Waals surface area contributed by atoms with E-state index in [1.807, 2.05) is 6.07 Å². The van der Waals surface area contributed by atoms with Crippen LogP contribution in [0.5, 0.6) is 0 Å². The molecule has 0 aliphatic heterocycles. The molecule has 3 nitrogen and oxygen atoms in total. The van der Waals surface area contributed by atoms with Crippen LogP contribution in [0.2, 0.25) is 0 Å². The van der Waals surface area contributed by atoms with Crippen molar-refractivity contribution in [3.63, 3.8) is 0 Å². The lowest BCUT2D eigenvalue weighted by Crippen LogP contribution is -2.34. The quantitative estimate of drug-likeness (QED) is 0.692. The molecule has 144 valence electrons. The lowest BCUT2D eigenvalue weighted by molar-refractivity contribution is -0.137. The summed E-state index contributed by atoms with van der Waals surface area (Å²) in [4.78, 5) is 24.3. The van der Waals surface area contributed by atoms with E-state index in [0.717, 1.165) is 12.1 Å². The summed E-state index contributed by atoms with van der Waals surface area (Å²) in [6, 6.07) is 13.3. The zero-order chi connectivity index (χ0) is 20.0. The van der Waals surface area contributed by atoms with Crippen LogP contribution in [-0.4, -0.2) is 17.7 Å². The highest BCUT2D eigenvalue weighted by Gasteiger charge is 2.30. The Balaban J connectivity index is 1.86. The van der Waals surface area contributed by atoms with Crippen molar-refractivity contribution >= 4 is 11.7 Å². The van der Waals surface area contributed by atoms with E-state index in [1.54, 1.807) is 38.1 Å². The van der Waals surface area contributed by atoms with Gasteiger partial charge in [-0.2, -0.15) is 13.2 Å². The Hall–Kier alpha value is -2.63. The predicted octanol–water partition coefficient (Wildman–Crippen LogP) is 4.98. The molecule has 0 fully saturated rings. The minimum Gasteiger partial charge on any atom is -0.353 e. The fourth-order valence-electron chi connectivity index (χ4n) is 2.80. The SMILES string of the molecule is C[C@H](CC(=O)N[C@@H](C)CC(=O)c1ccccc1)c1ccc(C(F)(F)F)cc1. The van der Waals surface area contributed by atoms with Gasteiger partial charge in [-0.15, -0.1) is 0 Å². The van der Waals surface area contributed by atoms with Crippen LogP contribution < -0.4 is 5.32 Å². The molecule has 2 rings (SSSR count). The second-order valence-electron chi connectivity index (χ2n) is 6.69. The Labute approximate surface area is 156 Å². The van der Waals surface area contributed by atoms with Crippen LogP contribution in [0.4, 0.5) is 13.2 Å². The number of carbonyl (C=O) groups is 2. The number of hydrogen-bond donors (Lipinski definition) is 1. The van der Waals surface area contributed by atoms with E-state index in [0.29, 0.717) is 11.1 Å². The maximum Gasteiger partial charge on any atom is 0.416 e. The minimum atomic E-state index is -4.38. The van der Waals surface area contributed by atoms with E-state index in [9.17, 15) is 22.8 Å². The highest BCUT2D eigenvalue weighted by molar-refractivity contribution is 5.96. The summed E-state index contributed by atoms with van der Waals surface area (Å²) < 4.78 is 37.8. The second kappa shape index (κ2) is 8.84. The van der Waals surface area contributed by atoms with Gasteiger partial charge in [0.05, 0.1) is 5.56 Å². The van der Waals surface area contributed by atoms with Crippen molar-refractivity contribution in [2.45, 2.75) is 44.8 Å². The number of amides is 1. The number of halogens is 3. The second-order valence-corrected chi connectivity index (χ2v) is 6.69. The molecule has 0 aliphatic rings. The van der Waals surface area contributed by atoms with Crippen LogP contribution >= 0.6 is 0 Å². The van der Waals surface area contributed by atoms with Gasteiger partial charge in [0, 0.05) is 24.4 Å². The molecule has 0 unspecified atom stereocenters. The fraction of sp³-hybridized carbons (Fsp3) is 0.333. The zero-order valence-corrected chi connectivity index (χ0v) is 15.2. The number of benzene rings is 2. The van der Waals surface area contributed by atoms with E-state index in [4.69, 9.17) is 0 Å². The van der Waals surface area contributed by atoms with Crippen molar-refractivity contribution in [3.8, 4) is 0 Å². The molecule has 6 heteroatoms. The normalized spacial score (nSPS) is 13.7. The molecule has 0 saturated heterocycles. The van der Waals surface area contributed by atoms with Crippen LogP contribution in [0.1, 0.15) is 54.1 Å². The number of hydrogen-bond acceptors (Lipinski definition) is 2. The molecule has 0 radical (unpaired) electrons. The molecule has 2 aromatic carbocycles. The maximum absolute atomic E-state index is 12.6. The molecule has 0 aromatic heterocycles. The fourth-order valence-corrected chi connectivity index (χ4v) is 2.80. The Morgan fingerprint density at radius 1 is 0.926 bits per heavy atom. The van der Waals surface area contributed by atoms with Crippen LogP contribution in [0.25, 0.3) is 0 Å². The highest BCUT2D eigenvalue weighted by Crippen LogP contribution is 2.30. The average Bonchev–Trinajstić information content (AvgIpc) is 2.61. The first-order valence-electron chi connectivity index (χ1n) is 8.71. The van der Waals surface area contributed by atoms with Crippen LogP contribution in [0.3, 0.4) is 0 Å². The van der Waals surface area contributed by atoms with Crippen LogP contribution in [0.15, 0.2) is 54.6 Å².